The third kappa shape index (κ3) is 5.72. The van der Waals surface area contributed by atoms with Crippen LogP contribution in [0.2, 0.25) is 0 Å². The van der Waals surface area contributed by atoms with E-state index in [9.17, 15) is 22.7 Å². The van der Waals surface area contributed by atoms with E-state index in [1.54, 1.807) is 18.6 Å². The van der Waals surface area contributed by atoms with Gasteiger partial charge in [0.25, 0.3) is 5.88 Å². The molecule has 4 heterocycles. The van der Waals surface area contributed by atoms with Crippen molar-refractivity contribution in [3.05, 3.63) is 48.3 Å². The molecule has 0 aromatic carbocycles. The number of alkyl halides is 3. The SMILES string of the molecule is CCNc1cc2c(cn1)c(-c1cnn(C[C@@H](O)CO)c1)nn2C1CCC(Oc2nccc(C(F)(F)F)c2F)CC1. The third-order valence-electron chi connectivity index (χ3n) is 6.90. The number of nitrogens with zero attached hydrogens (tertiary/aromatic N) is 6. The molecule has 40 heavy (non-hydrogen) atoms. The largest absolute Gasteiger partial charge is 0.472 e. The summed E-state index contributed by atoms with van der Waals surface area (Å²) in [6.45, 7) is 2.39. The number of hydrogen-bond donors (Lipinski definition) is 3. The van der Waals surface area contributed by atoms with Gasteiger partial charge in [-0.15, -0.1) is 0 Å². The molecule has 4 aromatic rings. The van der Waals surface area contributed by atoms with Gasteiger partial charge in [0.1, 0.15) is 17.6 Å². The molecule has 214 valence electrons. The Balaban J connectivity index is 1.38. The number of aromatic nitrogens is 6. The van der Waals surface area contributed by atoms with Gasteiger partial charge in [0, 0.05) is 42.2 Å². The first-order valence-corrected chi connectivity index (χ1v) is 13.0. The fourth-order valence-corrected chi connectivity index (χ4v) is 4.95. The standard InChI is InChI=1S/C26H29F4N7O3/c1-2-31-22-9-21-19(11-33-22)24(15-10-34-36(12-15)13-17(39)14-38)35-37(21)16-3-5-18(6-4-16)40-25-23(27)20(7-8-32-25)26(28,29)30/h7-12,16-18,38-39H,2-6,13-14H2,1H3,(H,31,33)/t16?,17-,18?/m1/s1. The molecule has 0 radical (unpaired) electrons. The fourth-order valence-electron chi connectivity index (χ4n) is 4.95. The Morgan fingerprint density at radius 2 is 1.95 bits per heavy atom. The maximum atomic E-state index is 14.4. The quantitative estimate of drug-likeness (QED) is 0.259. The summed E-state index contributed by atoms with van der Waals surface area (Å²) in [7, 11) is 0. The molecule has 0 bridgehead atoms. The monoisotopic (exact) mass is 563 g/mol. The summed E-state index contributed by atoms with van der Waals surface area (Å²) in [5, 5.41) is 32.1. The summed E-state index contributed by atoms with van der Waals surface area (Å²) in [6.07, 6.45) is 1.89. The van der Waals surface area contributed by atoms with Crippen molar-refractivity contribution < 1.29 is 32.5 Å². The summed E-state index contributed by atoms with van der Waals surface area (Å²) in [5.41, 5.74) is 0.818. The van der Waals surface area contributed by atoms with Crippen LogP contribution in [0.4, 0.5) is 23.4 Å². The number of ether oxygens (including phenoxy) is 1. The Morgan fingerprint density at radius 1 is 1.18 bits per heavy atom. The second-order valence-corrected chi connectivity index (χ2v) is 9.72. The van der Waals surface area contributed by atoms with Gasteiger partial charge in [-0.3, -0.25) is 9.36 Å². The predicted octanol–water partition coefficient (Wildman–Crippen LogP) is 4.20. The number of fused-ring (bicyclic) bond motifs is 1. The zero-order valence-electron chi connectivity index (χ0n) is 21.6. The smallest absolute Gasteiger partial charge is 0.419 e. The van der Waals surface area contributed by atoms with Crippen molar-refractivity contribution in [2.24, 2.45) is 0 Å². The molecule has 0 aliphatic heterocycles. The maximum Gasteiger partial charge on any atom is 0.419 e. The van der Waals surface area contributed by atoms with Crippen molar-refractivity contribution in [3.63, 3.8) is 0 Å². The van der Waals surface area contributed by atoms with E-state index in [1.807, 2.05) is 17.7 Å². The molecule has 0 spiro atoms. The van der Waals surface area contributed by atoms with E-state index in [4.69, 9.17) is 14.9 Å². The maximum absolute atomic E-state index is 14.4. The number of aliphatic hydroxyl groups excluding tert-OH is 2. The predicted molar refractivity (Wildman–Crippen MR) is 137 cm³/mol. The minimum atomic E-state index is -4.84. The number of aliphatic hydroxyl groups is 2. The number of hydrogen-bond acceptors (Lipinski definition) is 8. The van der Waals surface area contributed by atoms with E-state index in [0.717, 1.165) is 22.7 Å². The van der Waals surface area contributed by atoms with Crippen molar-refractivity contribution in [3.8, 4) is 17.1 Å². The molecular weight excluding hydrogens is 534 g/mol. The van der Waals surface area contributed by atoms with E-state index in [2.05, 4.69) is 20.4 Å². The molecule has 1 fully saturated rings. The zero-order chi connectivity index (χ0) is 28.4. The minimum absolute atomic E-state index is 0.0430. The lowest BCUT2D eigenvalue weighted by Gasteiger charge is -2.29. The Labute approximate surface area is 226 Å². The topological polar surface area (TPSA) is 123 Å². The van der Waals surface area contributed by atoms with Crippen LogP contribution in [0, 0.1) is 5.82 Å². The van der Waals surface area contributed by atoms with Gasteiger partial charge in [0.15, 0.2) is 5.82 Å². The van der Waals surface area contributed by atoms with Crippen molar-refractivity contribution in [2.75, 3.05) is 18.5 Å². The third-order valence-corrected chi connectivity index (χ3v) is 6.90. The molecule has 4 aromatic heterocycles. The lowest BCUT2D eigenvalue weighted by Crippen LogP contribution is -2.27. The molecule has 10 nitrogen and oxygen atoms in total. The first kappa shape index (κ1) is 27.8. The number of rotatable bonds is 9. The second-order valence-electron chi connectivity index (χ2n) is 9.72. The van der Waals surface area contributed by atoms with Crippen LogP contribution >= 0.6 is 0 Å². The lowest BCUT2D eigenvalue weighted by molar-refractivity contribution is -0.140. The molecule has 0 unspecified atom stereocenters. The van der Waals surface area contributed by atoms with Gasteiger partial charge in [-0.2, -0.15) is 23.4 Å². The van der Waals surface area contributed by atoms with Gasteiger partial charge in [0.05, 0.1) is 42.6 Å². The highest BCUT2D eigenvalue weighted by atomic mass is 19.4. The highest BCUT2D eigenvalue weighted by Gasteiger charge is 2.36. The molecule has 1 saturated carbocycles. The van der Waals surface area contributed by atoms with Gasteiger partial charge in [0.2, 0.25) is 0 Å². The summed E-state index contributed by atoms with van der Waals surface area (Å²) < 4.78 is 62.7. The lowest BCUT2D eigenvalue weighted by atomic mass is 9.93. The molecule has 1 atom stereocenters. The van der Waals surface area contributed by atoms with Gasteiger partial charge < -0.3 is 20.3 Å². The molecule has 1 aliphatic carbocycles. The number of pyridine rings is 2. The van der Waals surface area contributed by atoms with Crippen molar-refractivity contribution in [1.29, 1.82) is 0 Å². The van der Waals surface area contributed by atoms with Crippen LogP contribution in [0.15, 0.2) is 36.9 Å². The first-order valence-electron chi connectivity index (χ1n) is 13.0. The Morgan fingerprint density at radius 3 is 2.65 bits per heavy atom. The molecule has 5 rings (SSSR count). The van der Waals surface area contributed by atoms with E-state index >= 15 is 0 Å². The van der Waals surface area contributed by atoms with E-state index < -0.39 is 35.6 Å². The summed E-state index contributed by atoms with van der Waals surface area (Å²) in [5.74, 6) is -1.46. The van der Waals surface area contributed by atoms with Gasteiger partial charge in [-0.25, -0.2) is 14.4 Å². The Hall–Kier alpha value is -3.78. The number of anilines is 1. The zero-order valence-corrected chi connectivity index (χ0v) is 21.6. The normalized spacial score (nSPS) is 18.7. The molecule has 0 saturated heterocycles. The van der Waals surface area contributed by atoms with Crippen LogP contribution in [0.25, 0.3) is 22.2 Å². The van der Waals surface area contributed by atoms with Crippen molar-refractivity contribution in [2.45, 2.75) is 63.6 Å². The number of nitrogens with one attached hydrogen (secondary N) is 1. The highest BCUT2D eigenvalue weighted by Crippen LogP contribution is 2.38. The average Bonchev–Trinajstić information content (AvgIpc) is 3.54. The van der Waals surface area contributed by atoms with E-state index in [1.165, 1.54) is 4.68 Å². The second kappa shape index (κ2) is 11.4. The van der Waals surface area contributed by atoms with Crippen LogP contribution in [0.5, 0.6) is 5.88 Å². The fraction of sp³-hybridized carbons (Fsp3) is 0.462. The van der Waals surface area contributed by atoms with Gasteiger partial charge in [-0.1, -0.05) is 0 Å². The summed E-state index contributed by atoms with van der Waals surface area (Å²) in [4.78, 5) is 8.18. The van der Waals surface area contributed by atoms with Crippen LogP contribution in [-0.4, -0.2) is 65.1 Å². The van der Waals surface area contributed by atoms with E-state index in [-0.39, 0.29) is 19.2 Å². The molecular formula is C26H29F4N7O3. The summed E-state index contributed by atoms with van der Waals surface area (Å²) in [6, 6.07) is 2.47. The molecule has 1 aliphatic rings. The van der Waals surface area contributed by atoms with E-state index in [0.29, 0.717) is 49.8 Å². The highest BCUT2D eigenvalue weighted by molar-refractivity contribution is 5.93. The first-order chi connectivity index (χ1) is 19.2. The average molecular weight is 564 g/mol. The Bertz CT molecular complexity index is 1460. The van der Waals surface area contributed by atoms with Gasteiger partial charge in [-0.05, 0) is 38.7 Å². The molecule has 14 heteroatoms. The van der Waals surface area contributed by atoms with Crippen LogP contribution in [0.3, 0.4) is 0 Å². The van der Waals surface area contributed by atoms with Crippen molar-refractivity contribution >= 4 is 16.7 Å². The van der Waals surface area contributed by atoms with Crippen LogP contribution in [-0.2, 0) is 12.7 Å². The van der Waals surface area contributed by atoms with Gasteiger partial charge >= 0.3 is 6.18 Å². The Kier molecular flexibility index (Phi) is 7.90. The molecule has 3 N–H and O–H groups in total. The van der Waals surface area contributed by atoms with Crippen molar-refractivity contribution in [1.82, 2.24) is 29.5 Å². The van der Waals surface area contributed by atoms with Crippen LogP contribution < -0.4 is 10.1 Å². The minimum Gasteiger partial charge on any atom is -0.472 e. The number of halogens is 4. The molecule has 0 amide bonds. The summed E-state index contributed by atoms with van der Waals surface area (Å²) >= 11 is 0. The van der Waals surface area contributed by atoms with Crippen LogP contribution in [0.1, 0.15) is 44.2 Å².